The van der Waals surface area contributed by atoms with Crippen LogP contribution >= 0.6 is 0 Å². The SMILES string of the molecule is Fc1cc2nc([C@@H]3CCCN3)[nH]c2cc1[C@H]1CC[C@@H](c2cc3[nH]c([C@@H]4CCCN4)nc3cc2F)N1c1cc(F)c(N2CCC(C(F)(c3ccccc3)c3ccccc3)CC2)c(F)c1. The van der Waals surface area contributed by atoms with Crippen molar-refractivity contribution in [2.24, 2.45) is 5.92 Å². The van der Waals surface area contributed by atoms with Crippen molar-refractivity contribution in [2.75, 3.05) is 36.0 Å². The highest BCUT2D eigenvalue weighted by molar-refractivity contribution is 5.78. The molecule has 7 aromatic rings. The molecule has 4 aliphatic rings. The third-order valence-corrected chi connectivity index (χ3v) is 14.2. The number of hydrogen-bond acceptors (Lipinski definition) is 6. The van der Waals surface area contributed by atoms with Crippen LogP contribution in [0.15, 0.2) is 97.1 Å². The first-order valence-corrected chi connectivity index (χ1v) is 22.4. The van der Waals surface area contributed by atoms with Crippen molar-refractivity contribution in [2.45, 2.75) is 81.2 Å². The molecule has 0 aliphatic carbocycles. The summed E-state index contributed by atoms with van der Waals surface area (Å²) in [5.41, 5.74) is 2.25. The van der Waals surface area contributed by atoms with Gasteiger partial charge in [0, 0.05) is 48.0 Å². The van der Waals surface area contributed by atoms with Gasteiger partial charge in [-0.25, -0.2) is 31.9 Å². The molecule has 4 atom stereocenters. The minimum Gasteiger partial charge on any atom is -0.367 e. The number of H-pyrrole nitrogens is 2. The van der Waals surface area contributed by atoms with Gasteiger partial charge in [-0.3, -0.25) is 0 Å². The maximum Gasteiger partial charge on any atom is 0.163 e. The van der Waals surface area contributed by atoms with Gasteiger partial charge in [0.25, 0.3) is 0 Å². The first kappa shape index (κ1) is 40.0. The average molecular weight is 857 g/mol. The molecule has 5 aromatic carbocycles. The van der Waals surface area contributed by atoms with Crippen molar-refractivity contribution in [1.82, 2.24) is 30.6 Å². The van der Waals surface area contributed by atoms with Crippen molar-refractivity contribution < 1.29 is 22.0 Å². The lowest BCUT2D eigenvalue weighted by molar-refractivity contribution is 0.105. The van der Waals surface area contributed by atoms with E-state index in [-0.39, 0.29) is 36.5 Å². The topological polar surface area (TPSA) is 87.9 Å². The summed E-state index contributed by atoms with van der Waals surface area (Å²) >= 11 is 0. The van der Waals surface area contributed by atoms with Crippen LogP contribution in [-0.2, 0) is 5.67 Å². The van der Waals surface area contributed by atoms with Crippen LogP contribution in [0.2, 0.25) is 0 Å². The van der Waals surface area contributed by atoms with Crippen molar-refractivity contribution in [3.8, 4) is 0 Å². The minimum absolute atomic E-state index is 0.0455. The van der Waals surface area contributed by atoms with Crippen molar-refractivity contribution in [3.63, 3.8) is 0 Å². The van der Waals surface area contributed by atoms with Gasteiger partial charge in [-0.2, -0.15) is 0 Å². The van der Waals surface area contributed by atoms with E-state index in [4.69, 9.17) is 9.97 Å². The molecule has 4 aliphatic heterocycles. The number of anilines is 2. The number of halogens is 5. The molecule has 63 heavy (non-hydrogen) atoms. The van der Waals surface area contributed by atoms with E-state index in [1.165, 1.54) is 24.3 Å². The Morgan fingerprint density at radius 2 is 1.03 bits per heavy atom. The molecule has 0 radical (unpaired) electrons. The van der Waals surface area contributed by atoms with Gasteiger partial charge in [0.15, 0.2) is 17.3 Å². The molecule has 6 heterocycles. The average Bonchev–Trinajstić information content (AvgIpc) is 4.16. The van der Waals surface area contributed by atoms with Crippen LogP contribution < -0.4 is 20.4 Å². The van der Waals surface area contributed by atoms with E-state index >= 15 is 22.0 Å². The first-order chi connectivity index (χ1) is 30.7. The van der Waals surface area contributed by atoms with Crippen LogP contribution in [0.3, 0.4) is 0 Å². The summed E-state index contributed by atoms with van der Waals surface area (Å²) in [4.78, 5) is 19.6. The second-order valence-electron chi connectivity index (χ2n) is 17.8. The van der Waals surface area contributed by atoms with Gasteiger partial charge in [0.05, 0.1) is 46.2 Å². The monoisotopic (exact) mass is 856 g/mol. The lowest BCUT2D eigenvalue weighted by Crippen LogP contribution is -2.42. The number of aromatic nitrogens is 4. The number of benzene rings is 5. The molecule has 0 saturated carbocycles. The molecule has 4 saturated heterocycles. The highest BCUT2D eigenvalue weighted by Gasteiger charge is 2.45. The van der Waals surface area contributed by atoms with Crippen LogP contribution in [-0.4, -0.2) is 46.1 Å². The summed E-state index contributed by atoms with van der Waals surface area (Å²) in [7, 11) is 0. The molecule has 324 valence electrons. The van der Waals surface area contributed by atoms with E-state index in [2.05, 4.69) is 20.6 Å². The molecule has 4 N–H and O–H groups in total. The molecule has 11 rings (SSSR count). The van der Waals surface area contributed by atoms with Crippen LogP contribution in [0.25, 0.3) is 22.1 Å². The fourth-order valence-corrected chi connectivity index (χ4v) is 11.1. The number of hydrogen-bond donors (Lipinski definition) is 4. The standard InChI is InChI=1S/C50H49F5N8/c51-35-27-43-41(58-48(60-43)39-13-7-19-56-39)25-33(35)45-15-16-46(34-26-42-44(28-36(34)52)61-49(59-42)40-14-8-20-57-40)63(45)32-23-37(53)47(38(54)24-32)62-21-17-31(18-22-62)50(55,29-9-3-1-4-10-29)30-11-5-2-6-12-30/h1-6,9-12,23-28,31,39-40,45-46,56-57H,7-8,13-22H2,(H,58,60)(H,59,61)/t39-,40-,45-,46+/m0/s1. The molecule has 13 heteroatoms. The fourth-order valence-electron chi connectivity index (χ4n) is 11.1. The Morgan fingerprint density at radius 3 is 1.48 bits per heavy atom. The molecular formula is C50H49F5N8. The van der Waals surface area contributed by atoms with Crippen LogP contribution in [0.5, 0.6) is 0 Å². The highest BCUT2D eigenvalue weighted by Crippen LogP contribution is 2.51. The minimum atomic E-state index is -1.79. The second kappa shape index (κ2) is 16.1. The lowest BCUT2D eigenvalue weighted by atomic mass is 9.73. The van der Waals surface area contributed by atoms with Crippen LogP contribution in [0.1, 0.15) is 109 Å². The number of alkyl halides is 1. The molecule has 0 amide bonds. The summed E-state index contributed by atoms with van der Waals surface area (Å²) < 4.78 is 84.0. The molecule has 0 bridgehead atoms. The molecule has 2 aromatic heterocycles. The zero-order chi connectivity index (χ0) is 42.8. The Labute approximate surface area is 362 Å². The van der Waals surface area contributed by atoms with E-state index in [1.54, 1.807) is 46.2 Å². The second-order valence-corrected chi connectivity index (χ2v) is 17.8. The van der Waals surface area contributed by atoms with E-state index in [0.717, 1.165) is 50.4 Å². The third kappa shape index (κ3) is 7.04. The van der Waals surface area contributed by atoms with E-state index in [0.29, 0.717) is 70.0 Å². The number of imidazole rings is 2. The van der Waals surface area contributed by atoms with Gasteiger partial charge in [-0.05, 0) is 99.8 Å². The molecule has 0 spiro atoms. The van der Waals surface area contributed by atoms with E-state index in [1.807, 2.05) is 36.4 Å². The Bertz CT molecular complexity index is 2600. The fraction of sp³-hybridized carbons (Fsp3) is 0.360. The summed E-state index contributed by atoms with van der Waals surface area (Å²) in [6.07, 6.45) is 5.37. The Hall–Kier alpha value is -5.79. The Morgan fingerprint density at radius 1 is 0.556 bits per heavy atom. The van der Waals surface area contributed by atoms with E-state index < -0.39 is 46.9 Å². The molecule has 0 unspecified atom stereocenters. The van der Waals surface area contributed by atoms with Gasteiger partial charge in [0.2, 0.25) is 0 Å². The van der Waals surface area contributed by atoms with E-state index in [9.17, 15) is 0 Å². The molecule has 8 nitrogen and oxygen atoms in total. The number of nitrogens with one attached hydrogen (secondary N) is 4. The zero-order valence-electron chi connectivity index (χ0n) is 34.8. The summed E-state index contributed by atoms with van der Waals surface area (Å²) in [6.45, 7) is 2.23. The lowest BCUT2D eigenvalue weighted by Gasteiger charge is -2.41. The van der Waals surface area contributed by atoms with Crippen molar-refractivity contribution in [3.05, 3.63) is 154 Å². The number of nitrogens with zero attached hydrogens (tertiary/aromatic N) is 4. The predicted molar refractivity (Wildman–Crippen MR) is 235 cm³/mol. The van der Waals surface area contributed by atoms with Gasteiger partial charge >= 0.3 is 0 Å². The largest absolute Gasteiger partial charge is 0.367 e. The number of fused-ring (bicyclic) bond motifs is 2. The summed E-state index contributed by atoms with van der Waals surface area (Å²) in [6, 6.07) is 25.8. The van der Waals surface area contributed by atoms with Gasteiger partial charge in [-0.15, -0.1) is 0 Å². The highest BCUT2D eigenvalue weighted by atomic mass is 19.2. The van der Waals surface area contributed by atoms with Gasteiger partial charge in [0.1, 0.15) is 29.0 Å². The molecule has 4 fully saturated rings. The Kier molecular flexibility index (Phi) is 10.2. The predicted octanol–water partition coefficient (Wildman–Crippen LogP) is 11.1. The van der Waals surface area contributed by atoms with Crippen molar-refractivity contribution >= 4 is 33.4 Å². The van der Waals surface area contributed by atoms with Crippen LogP contribution in [0.4, 0.5) is 33.3 Å². The maximum absolute atomic E-state index is 17.5. The summed E-state index contributed by atoms with van der Waals surface area (Å²) in [5, 5.41) is 6.87. The van der Waals surface area contributed by atoms with Crippen LogP contribution in [0, 0.1) is 29.2 Å². The molecular weight excluding hydrogens is 808 g/mol. The zero-order valence-corrected chi connectivity index (χ0v) is 34.8. The van der Waals surface area contributed by atoms with Gasteiger partial charge < -0.3 is 30.4 Å². The third-order valence-electron chi connectivity index (χ3n) is 14.2. The van der Waals surface area contributed by atoms with Crippen molar-refractivity contribution in [1.29, 1.82) is 0 Å². The number of aromatic amines is 2. The number of piperidine rings is 1. The number of rotatable bonds is 9. The first-order valence-electron chi connectivity index (χ1n) is 22.4. The van der Waals surface area contributed by atoms with Gasteiger partial charge in [-0.1, -0.05) is 60.7 Å². The normalized spacial score (nSPS) is 22.3. The Balaban J connectivity index is 0.943. The maximum atomic E-state index is 17.5. The summed E-state index contributed by atoms with van der Waals surface area (Å²) in [5.74, 6) is -1.53. The smallest absolute Gasteiger partial charge is 0.163 e. The quantitative estimate of drug-likeness (QED) is 0.108.